The van der Waals surface area contributed by atoms with Gasteiger partial charge in [-0.1, -0.05) is 41.6 Å². The highest BCUT2D eigenvalue weighted by molar-refractivity contribution is 9.09. The normalized spacial score (nSPS) is 19.2. The van der Waals surface area contributed by atoms with Crippen LogP contribution < -0.4 is 0 Å². The molecule has 0 N–H and O–H groups in total. The summed E-state index contributed by atoms with van der Waals surface area (Å²) in [5.41, 5.74) is 1.53. The molecule has 0 radical (unpaired) electrons. The Morgan fingerprint density at radius 2 is 2.06 bits per heavy atom. The first kappa shape index (κ1) is 12.6. The van der Waals surface area contributed by atoms with Gasteiger partial charge in [0.2, 0.25) is 0 Å². The van der Waals surface area contributed by atoms with Crippen LogP contribution in [0, 0.1) is 19.8 Å². The van der Waals surface area contributed by atoms with E-state index in [0.717, 1.165) is 5.92 Å². The van der Waals surface area contributed by atoms with Crippen molar-refractivity contribution in [2.45, 2.75) is 57.2 Å². The van der Waals surface area contributed by atoms with Gasteiger partial charge in [-0.25, -0.2) is 0 Å². The molecule has 90 valence electrons. The average molecular weight is 301 g/mol. The van der Waals surface area contributed by atoms with Crippen LogP contribution in [0.4, 0.5) is 0 Å². The Bertz CT molecular complexity index is 337. The van der Waals surface area contributed by atoms with Gasteiger partial charge in [0, 0.05) is 14.6 Å². The van der Waals surface area contributed by atoms with Gasteiger partial charge in [-0.2, -0.15) is 0 Å². The van der Waals surface area contributed by atoms with Gasteiger partial charge in [0.1, 0.15) is 0 Å². The molecule has 1 aromatic heterocycles. The van der Waals surface area contributed by atoms with E-state index in [4.69, 9.17) is 0 Å². The van der Waals surface area contributed by atoms with Crippen LogP contribution in [0.2, 0.25) is 0 Å². The van der Waals surface area contributed by atoms with E-state index in [9.17, 15) is 0 Å². The Labute approximate surface area is 112 Å². The van der Waals surface area contributed by atoms with Crippen LogP contribution in [0.25, 0.3) is 0 Å². The highest BCUT2D eigenvalue weighted by Crippen LogP contribution is 2.38. The number of thiophene rings is 1. The zero-order chi connectivity index (χ0) is 11.5. The van der Waals surface area contributed by atoms with Gasteiger partial charge >= 0.3 is 0 Å². The minimum absolute atomic E-state index is 0.582. The summed E-state index contributed by atoms with van der Waals surface area (Å²) >= 11 is 5.79. The number of alkyl halides is 1. The molecule has 1 unspecified atom stereocenters. The fourth-order valence-electron chi connectivity index (χ4n) is 2.80. The molecular weight excluding hydrogens is 280 g/mol. The molecule has 2 rings (SSSR count). The quantitative estimate of drug-likeness (QED) is 0.619. The molecule has 0 saturated heterocycles. The topological polar surface area (TPSA) is 0 Å². The SMILES string of the molecule is Cc1cc(C(Br)CCC2CCCC2)c(C)s1. The molecule has 0 spiro atoms. The number of halogens is 1. The van der Waals surface area contributed by atoms with Crippen molar-refractivity contribution in [3.05, 3.63) is 21.4 Å². The van der Waals surface area contributed by atoms with Crippen LogP contribution in [0.15, 0.2) is 6.07 Å². The first-order chi connectivity index (χ1) is 7.66. The third-order valence-electron chi connectivity index (χ3n) is 3.72. The van der Waals surface area contributed by atoms with Crippen LogP contribution in [0.1, 0.15) is 58.7 Å². The van der Waals surface area contributed by atoms with Gasteiger partial charge < -0.3 is 0 Å². The first-order valence-corrected chi connectivity index (χ1v) is 8.11. The summed E-state index contributed by atoms with van der Waals surface area (Å²) in [6.45, 7) is 4.45. The van der Waals surface area contributed by atoms with Crippen molar-refractivity contribution in [2.24, 2.45) is 5.92 Å². The van der Waals surface area contributed by atoms with E-state index in [0.29, 0.717) is 4.83 Å². The van der Waals surface area contributed by atoms with E-state index in [1.807, 2.05) is 11.3 Å². The summed E-state index contributed by atoms with van der Waals surface area (Å²) in [6.07, 6.45) is 8.59. The zero-order valence-electron chi connectivity index (χ0n) is 10.3. The van der Waals surface area contributed by atoms with Crippen LogP contribution in [0.5, 0.6) is 0 Å². The van der Waals surface area contributed by atoms with Crippen LogP contribution >= 0.6 is 27.3 Å². The summed E-state index contributed by atoms with van der Waals surface area (Å²) in [5, 5.41) is 0. The van der Waals surface area contributed by atoms with E-state index < -0.39 is 0 Å². The van der Waals surface area contributed by atoms with Crippen molar-refractivity contribution in [1.82, 2.24) is 0 Å². The fraction of sp³-hybridized carbons (Fsp3) is 0.714. The molecule has 1 aliphatic carbocycles. The maximum atomic E-state index is 3.86. The van der Waals surface area contributed by atoms with Gasteiger partial charge in [-0.15, -0.1) is 11.3 Å². The maximum Gasteiger partial charge on any atom is 0.0406 e. The molecule has 0 nitrogen and oxygen atoms in total. The molecule has 0 bridgehead atoms. The molecule has 0 aliphatic heterocycles. The van der Waals surface area contributed by atoms with Crippen LogP contribution in [-0.2, 0) is 0 Å². The second-order valence-corrected chi connectivity index (χ2v) is 7.63. The molecule has 1 heterocycles. The lowest BCUT2D eigenvalue weighted by Crippen LogP contribution is -1.97. The molecule has 0 amide bonds. The largest absolute Gasteiger partial charge is 0.146 e. The van der Waals surface area contributed by atoms with E-state index in [-0.39, 0.29) is 0 Å². The molecule has 1 atom stereocenters. The van der Waals surface area contributed by atoms with Crippen molar-refractivity contribution in [3.63, 3.8) is 0 Å². The Morgan fingerprint density at radius 1 is 1.38 bits per heavy atom. The monoisotopic (exact) mass is 300 g/mol. The molecule has 0 aromatic carbocycles. The van der Waals surface area contributed by atoms with E-state index in [2.05, 4.69) is 35.8 Å². The number of hydrogen-bond donors (Lipinski definition) is 0. The summed E-state index contributed by atoms with van der Waals surface area (Å²) in [4.78, 5) is 3.52. The number of aryl methyl sites for hydroxylation is 2. The van der Waals surface area contributed by atoms with Crippen molar-refractivity contribution in [3.8, 4) is 0 Å². The highest BCUT2D eigenvalue weighted by atomic mass is 79.9. The third-order valence-corrected chi connectivity index (χ3v) is 5.65. The van der Waals surface area contributed by atoms with Crippen LogP contribution in [0.3, 0.4) is 0 Å². The van der Waals surface area contributed by atoms with Crippen molar-refractivity contribution < 1.29 is 0 Å². The van der Waals surface area contributed by atoms with Gasteiger partial charge in [0.25, 0.3) is 0 Å². The molecule has 16 heavy (non-hydrogen) atoms. The Hall–Kier alpha value is 0.180. The summed E-state index contributed by atoms with van der Waals surface area (Å²) in [5.74, 6) is 1.01. The van der Waals surface area contributed by atoms with Gasteiger partial charge in [-0.05, 0) is 44.2 Å². The lowest BCUT2D eigenvalue weighted by molar-refractivity contribution is 0.483. The van der Waals surface area contributed by atoms with Gasteiger partial charge in [0.15, 0.2) is 0 Å². The summed E-state index contributed by atoms with van der Waals surface area (Å²) in [6, 6.07) is 2.36. The molecule has 1 fully saturated rings. The number of hydrogen-bond acceptors (Lipinski definition) is 1. The molecule has 1 aromatic rings. The predicted molar refractivity (Wildman–Crippen MR) is 76.7 cm³/mol. The van der Waals surface area contributed by atoms with Gasteiger partial charge in [-0.3, -0.25) is 0 Å². The predicted octanol–water partition coefficient (Wildman–Crippen LogP) is 5.77. The summed E-state index contributed by atoms with van der Waals surface area (Å²) < 4.78 is 0. The smallest absolute Gasteiger partial charge is 0.0406 e. The minimum atomic E-state index is 0.582. The zero-order valence-corrected chi connectivity index (χ0v) is 12.7. The third kappa shape index (κ3) is 3.10. The first-order valence-electron chi connectivity index (χ1n) is 6.38. The maximum absolute atomic E-state index is 3.86. The van der Waals surface area contributed by atoms with Crippen molar-refractivity contribution in [2.75, 3.05) is 0 Å². The Balaban J connectivity index is 1.87. The lowest BCUT2D eigenvalue weighted by atomic mass is 9.98. The fourth-order valence-corrected chi connectivity index (χ4v) is 4.68. The Kier molecular flexibility index (Phi) is 4.48. The van der Waals surface area contributed by atoms with E-state index in [1.165, 1.54) is 53.8 Å². The summed E-state index contributed by atoms with van der Waals surface area (Å²) in [7, 11) is 0. The van der Waals surface area contributed by atoms with Crippen molar-refractivity contribution in [1.29, 1.82) is 0 Å². The average Bonchev–Trinajstić information content (AvgIpc) is 2.84. The van der Waals surface area contributed by atoms with Gasteiger partial charge in [0.05, 0.1) is 0 Å². The van der Waals surface area contributed by atoms with E-state index >= 15 is 0 Å². The second-order valence-electron chi connectivity index (χ2n) is 5.06. The van der Waals surface area contributed by atoms with Crippen molar-refractivity contribution >= 4 is 27.3 Å². The van der Waals surface area contributed by atoms with Crippen LogP contribution in [-0.4, -0.2) is 0 Å². The molecule has 2 heteroatoms. The lowest BCUT2D eigenvalue weighted by Gasteiger charge is -2.13. The standard InChI is InChI=1S/C14H21BrS/c1-10-9-13(11(2)16-10)14(15)8-7-12-5-3-4-6-12/h9,12,14H,3-8H2,1-2H3. The second kappa shape index (κ2) is 5.68. The molecule has 1 aliphatic rings. The highest BCUT2D eigenvalue weighted by Gasteiger charge is 2.18. The van der Waals surface area contributed by atoms with E-state index in [1.54, 1.807) is 0 Å². The minimum Gasteiger partial charge on any atom is -0.146 e. The molecule has 1 saturated carbocycles. The molecular formula is C14H21BrS. The number of rotatable bonds is 4. The Morgan fingerprint density at radius 3 is 2.62 bits per heavy atom.